The maximum absolute atomic E-state index is 12.7. The summed E-state index contributed by atoms with van der Waals surface area (Å²) in [6.45, 7) is 3.75. The number of ether oxygens (including phenoxy) is 2. The molecule has 0 heterocycles. The van der Waals surface area contributed by atoms with Gasteiger partial charge in [-0.25, -0.2) is 4.79 Å². The highest BCUT2D eigenvalue weighted by molar-refractivity contribution is 7.99. The van der Waals surface area contributed by atoms with Gasteiger partial charge in [-0.1, -0.05) is 37.2 Å². The highest BCUT2D eigenvalue weighted by atomic mass is 32.2. The third-order valence-corrected chi connectivity index (χ3v) is 5.94. The smallest absolute Gasteiger partial charge is 0.416 e. The van der Waals surface area contributed by atoms with Crippen molar-refractivity contribution in [2.75, 3.05) is 6.61 Å². The Morgan fingerprint density at radius 1 is 0.941 bits per heavy atom. The first-order chi connectivity index (χ1) is 16.2. The molecule has 0 amide bonds. The number of benzene rings is 3. The van der Waals surface area contributed by atoms with E-state index in [9.17, 15) is 18.0 Å². The molecule has 8 heteroatoms. The first-order valence-electron chi connectivity index (χ1n) is 10.7. The minimum absolute atomic E-state index is 0.170. The van der Waals surface area contributed by atoms with Gasteiger partial charge in [0, 0.05) is 9.79 Å². The Morgan fingerprint density at radius 3 is 2.18 bits per heavy atom. The van der Waals surface area contributed by atoms with Gasteiger partial charge in [-0.2, -0.15) is 13.2 Å². The highest BCUT2D eigenvalue weighted by Crippen LogP contribution is 2.34. The summed E-state index contributed by atoms with van der Waals surface area (Å²) in [5.74, 6) is 0.224. The average molecular weight is 491 g/mol. The molecule has 3 rings (SSSR count). The minimum atomic E-state index is -4.35. The van der Waals surface area contributed by atoms with Crippen LogP contribution in [0.3, 0.4) is 0 Å². The lowest BCUT2D eigenvalue weighted by Crippen LogP contribution is -2.10. The fourth-order valence-electron chi connectivity index (χ4n) is 3.30. The zero-order valence-corrected chi connectivity index (χ0v) is 19.6. The third-order valence-electron chi connectivity index (χ3n) is 4.96. The monoisotopic (exact) mass is 490 g/mol. The van der Waals surface area contributed by atoms with Gasteiger partial charge in [0.05, 0.1) is 5.56 Å². The first kappa shape index (κ1) is 25.5. The Labute approximate surface area is 200 Å². The Bertz CT molecular complexity index is 1130. The van der Waals surface area contributed by atoms with Crippen LogP contribution in [0.1, 0.15) is 35.6 Å². The number of hydrogen-bond donors (Lipinski definition) is 1. The van der Waals surface area contributed by atoms with E-state index in [1.54, 1.807) is 17.8 Å². The molecule has 0 aliphatic rings. The standard InChI is InChI=1S/C26H25F3O4S/c1-3-4-19-14-22(10-12-24(19)33-16-25(30)31)34-21-9-11-23(17(2)13-21)32-15-18-5-7-20(8-6-18)26(27,28)29/h5-14H,3-4,15-16H2,1-2H3,(H,30,31). The number of aryl methyl sites for hydroxylation is 2. The molecule has 0 bridgehead atoms. The van der Waals surface area contributed by atoms with Crippen molar-refractivity contribution in [1.29, 1.82) is 0 Å². The van der Waals surface area contributed by atoms with Crippen LogP contribution >= 0.6 is 11.8 Å². The first-order valence-corrected chi connectivity index (χ1v) is 11.5. The van der Waals surface area contributed by atoms with E-state index in [0.29, 0.717) is 17.1 Å². The molecule has 0 fully saturated rings. The molecule has 4 nitrogen and oxygen atoms in total. The van der Waals surface area contributed by atoms with Gasteiger partial charge in [0.15, 0.2) is 6.61 Å². The van der Waals surface area contributed by atoms with E-state index < -0.39 is 17.7 Å². The summed E-state index contributed by atoms with van der Waals surface area (Å²) < 4.78 is 49.3. The molecular formula is C26H25F3O4S. The molecule has 0 aromatic heterocycles. The topological polar surface area (TPSA) is 55.8 Å². The molecule has 34 heavy (non-hydrogen) atoms. The van der Waals surface area contributed by atoms with Crippen LogP contribution in [0.4, 0.5) is 13.2 Å². The van der Waals surface area contributed by atoms with E-state index in [1.165, 1.54) is 12.1 Å². The summed E-state index contributed by atoms with van der Waals surface area (Å²) in [5.41, 5.74) is 1.84. The van der Waals surface area contributed by atoms with Crippen LogP contribution in [0.15, 0.2) is 70.5 Å². The average Bonchev–Trinajstić information content (AvgIpc) is 2.78. The van der Waals surface area contributed by atoms with Crippen LogP contribution in [0.2, 0.25) is 0 Å². The maximum atomic E-state index is 12.7. The predicted octanol–water partition coefficient (Wildman–Crippen LogP) is 7.16. The summed E-state index contributed by atoms with van der Waals surface area (Å²) in [5, 5.41) is 8.86. The molecular weight excluding hydrogens is 465 g/mol. The lowest BCUT2D eigenvalue weighted by atomic mass is 10.1. The van der Waals surface area contributed by atoms with Gasteiger partial charge in [0.25, 0.3) is 0 Å². The van der Waals surface area contributed by atoms with Gasteiger partial charge in [0.2, 0.25) is 0 Å². The Hall–Kier alpha value is -3.13. The molecule has 180 valence electrons. The molecule has 0 saturated heterocycles. The van der Waals surface area contributed by atoms with Crippen LogP contribution in [0.5, 0.6) is 11.5 Å². The van der Waals surface area contributed by atoms with Gasteiger partial charge in [-0.15, -0.1) is 0 Å². The van der Waals surface area contributed by atoms with E-state index in [1.807, 2.05) is 44.2 Å². The number of alkyl halides is 3. The summed E-state index contributed by atoms with van der Waals surface area (Å²) in [6.07, 6.45) is -2.67. The quantitative estimate of drug-likeness (QED) is 0.327. The van der Waals surface area contributed by atoms with Crippen LogP contribution < -0.4 is 9.47 Å². The number of carboxylic acids is 1. The van der Waals surface area contributed by atoms with Gasteiger partial charge < -0.3 is 14.6 Å². The van der Waals surface area contributed by atoms with E-state index in [-0.39, 0.29) is 13.2 Å². The van der Waals surface area contributed by atoms with Crippen LogP contribution in [-0.4, -0.2) is 17.7 Å². The van der Waals surface area contributed by atoms with E-state index in [2.05, 4.69) is 0 Å². The van der Waals surface area contributed by atoms with E-state index in [4.69, 9.17) is 14.6 Å². The van der Waals surface area contributed by atoms with Crippen molar-refractivity contribution in [3.05, 3.63) is 82.9 Å². The second-order valence-corrected chi connectivity index (χ2v) is 8.86. The molecule has 1 N–H and O–H groups in total. The van der Waals surface area contributed by atoms with Crippen molar-refractivity contribution in [3.8, 4) is 11.5 Å². The number of aliphatic carboxylic acids is 1. The van der Waals surface area contributed by atoms with Gasteiger partial charge in [0.1, 0.15) is 18.1 Å². The molecule has 0 aliphatic heterocycles. The van der Waals surface area contributed by atoms with E-state index >= 15 is 0 Å². The Morgan fingerprint density at radius 2 is 1.59 bits per heavy atom. The molecule has 3 aromatic carbocycles. The second-order valence-electron chi connectivity index (χ2n) is 7.71. The number of carbonyl (C=O) groups is 1. The minimum Gasteiger partial charge on any atom is -0.489 e. The Balaban J connectivity index is 1.65. The third kappa shape index (κ3) is 7.18. The van der Waals surface area contributed by atoms with Gasteiger partial charge in [-0.05, 0) is 78.6 Å². The van der Waals surface area contributed by atoms with Crippen LogP contribution in [0.25, 0.3) is 0 Å². The molecule has 3 aromatic rings. The van der Waals surface area contributed by atoms with Crippen molar-refractivity contribution in [1.82, 2.24) is 0 Å². The zero-order chi connectivity index (χ0) is 24.7. The number of rotatable bonds is 10. The van der Waals surface area contributed by atoms with E-state index in [0.717, 1.165) is 45.9 Å². The fourth-order valence-corrected chi connectivity index (χ4v) is 4.28. The largest absolute Gasteiger partial charge is 0.489 e. The fraction of sp³-hybridized carbons (Fsp3) is 0.269. The van der Waals surface area contributed by atoms with Crippen molar-refractivity contribution >= 4 is 17.7 Å². The molecule has 0 radical (unpaired) electrons. The van der Waals surface area contributed by atoms with Crippen molar-refractivity contribution in [3.63, 3.8) is 0 Å². The maximum Gasteiger partial charge on any atom is 0.416 e. The highest BCUT2D eigenvalue weighted by Gasteiger charge is 2.29. The summed E-state index contributed by atoms with van der Waals surface area (Å²) in [4.78, 5) is 12.8. The van der Waals surface area contributed by atoms with Crippen molar-refractivity contribution < 1.29 is 32.5 Å². The second kappa shape index (κ2) is 11.3. The number of hydrogen-bond acceptors (Lipinski definition) is 4. The van der Waals surface area contributed by atoms with Gasteiger partial charge >= 0.3 is 12.1 Å². The molecule has 0 spiro atoms. The number of carboxylic acid groups (broad SMARTS) is 1. The number of halogens is 3. The zero-order valence-electron chi connectivity index (χ0n) is 18.8. The summed E-state index contributed by atoms with van der Waals surface area (Å²) >= 11 is 1.57. The molecule has 0 saturated carbocycles. The van der Waals surface area contributed by atoms with Crippen molar-refractivity contribution in [2.45, 2.75) is 49.3 Å². The van der Waals surface area contributed by atoms with Gasteiger partial charge in [-0.3, -0.25) is 0 Å². The van der Waals surface area contributed by atoms with Crippen LogP contribution in [0, 0.1) is 6.92 Å². The molecule has 0 atom stereocenters. The molecule has 0 unspecified atom stereocenters. The lowest BCUT2D eigenvalue weighted by Gasteiger charge is -2.13. The molecule has 0 aliphatic carbocycles. The van der Waals surface area contributed by atoms with Crippen molar-refractivity contribution in [2.24, 2.45) is 0 Å². The van der Waals surface area contributed by atoms with Crippen LogP contribution in [-0.2, 0) is 24.0 Å². The predicted molar refractivity (Wildman–Crippen MR) is 125 cm³/mol. The normalized spacial score (nSPS) is 11.3. The summed E-state index contributed by atoms with van der Waals surface area (Å²) in [7, 11) is 0. The Kier molecular flexibility index (Phi) is 8.50. The SMILES string of the molecule is CCCc1cc(Sc2ccc(OCc3ccc(C(F)(F)F)cc3)c(C)c2)ccc1OCC(=O)O. The summed E-state index contributed by atoms with van der Waals surface area (Å²) in [6, 6.07) is 16.4. The lowest BCUT2D eigenvalue weighted by molar-refractivity contribution is -0.139.